The third-order valence-corrected chi connectivity index (χ3v) is 5.22. The molecule has 0 radical (unpaired) electrons. The zero-order valence-corrected chi connectivity index (χ0v) is 18.1. The Morgan fingerprint density at radius 3 is 2.47 bits per heavy atom. The van der Waals surface area contributed by atoms with Gasteiger partial charge >= 0.3 is 11.3 Å². The summed E-state index contributed by atoms with van der Waals surface area (Å²) < 4.78 is 21.7. The molecular weight excluding hydrogens is 476 g/mol. The van der Waals surface area contributed by atoms with Crippen molar-refractivity contribution in [3.8, 4) is 11.5 Å². The maximum Gasteiger partial charge on any atom is 0.346 e. The molecule has 0 spiro atoms. The summed E-state index contributed by atoms with van der Waals surface area (Å²) in [5.41, 5.74) is 0.402. The third-order valence-electron chi connectivity index (χ3n) is 4.82. The minimum Gasteiger partial charge on any atom is -0.495 e. The molecule has 0 bridgehead atoms. The highest BCUT2D eigenvalue weighted by Gasteiger charge is 2.25. The predicted molar refractivity (Wildman–Crippen MR) is 121 cm³/mol. The fourth-order valence-corrected chi connectivity index (χ4v) is 3.64. The van der Waals surface area contributed by atoms with Crippen LogP contribution in [0.3, 0.4) is 0 Å². The van der Waals surface area contributed by atoms with E-state index in [1.165, 1.54) is 20.5 Å². The number of halogens is 1. The second-order valence-electron chi connectivity index (χ2n) is 6.64. The number of nitrogens with zero attached hydrogens (tertiary/aromatic N) is 3. The first-order valence-corrected chi connectivity index (χ1v) is 9.65. The fourth-order valence-electron chi connectivity index (χ4n) is 3.34. The first-order valence-electron chi connectivity index (χ1n) is 9.27. The zero-order valence-electron chi connectivity index (χ0n) is 17.4. The number of non-ortho nitro benzene ring substituents is 1. The van der Waals surface area contributed by atoms with Gasteiger partial charge in [-0.05, 0) is 12.1 Å². The van der Waals surface area contributed by atoms with E-state index < -0.39 is 26.8 Å². The normalized spacial score (nSPS) is 11.3. The van der Waals surface area contributed by atoms with Crippen molar-refractivity contribution in [3.05, 3.63) is 71.8 Å². The molecule has 0 fully saturated rings. The summed E-state index contributed by atoms with van der Waals surface area (Å²) >= 11 is 6.52. The largest absolute Gasteiger partial charge is 0.495 e. The molecule has 13 nitrogen and oxygen atoms in total. The highest BCUT2D eigenvalue weighted by Crippen LogP contribution is 2.45. The van der Waals surface area contributed by atoms with Gasteiger partial charge in [0.05, 0.1) is 64.0 Å². The van der Waals surface area contributed by atoms with Crippen LogP contribution in [0.25, 0.3) is 21.9 Å². The monoisotopic (exact) mass is 488 g/mol. The van der Waals surface area contributed by atoms with Crippen molar-refractivity contribution in [2.45, 2.75) is 0 Å². The average molecular weight is 489 g/mol. The number of hydrogen-bond donors (Lipinski definition) is 1. The summed E-state index contributed by atoms with van der Waals surface area (Å²) in [5, 5.41) is 26.6. The Kier molecular flexibility index (Phi) is 5.77. The van der Waals surface area contributed by atoms with Crippen LogP contribution in [0.2, 0.25) is 5.02 Å². The van der Waals surface area contributed by atoms with E-state index in [4.69, 9.17) is 29.9 Å². The number of furan rings is 1. The number of methoxy groups -OCH3 is 2. The van der Waals surface area contributed by atoms with Crippen LogP contribution in [-0.2, 0) is 0 Å². The van der Waals surface area contributed by atoms with E-state index in [0.717, 1.165) is 24.4 Å². The summed E-state index contributed by atoms with van der Waals surface area (Å²) in [6.07, 6.45) is 2.41. The molecule has 0 atom stereocenters. The van der Waals surface area contributed by atoms with E-state index in [1.54, 1.807) is 6.07 Å². The van der Waals surface area contributed by atoms with Gasteiger partial charge in [0.25, 0.3) is 5.69 Å². The SMILES string of the molecule is COc1c2occc2c(OC)c2c(Cl)c(/C=N/Nc3ccc([N+](=O)[O-])cc3[N+](=O)[O-])c(=O)oc12. The van der Waals surface area contributed by atoms with Crippen LogP contribution in [0.5, 0.6) is 11.5 Å². The van der Waals surface area contributed by atoms with Gasteiger partial charge in [-0.15, -0.1) is 0 Å². The van der Waals surface area contributed by atoms with Crippen molar-refractivity contribution in [3.63, 3.8) is 0 Å². The second kappa shape index (κ2) is 8.71. The Labute approximate surface area is 193 Å². The van der Waals surface area contributed by atoms with Crippen molar-refractivity contribution in [1.82, 2.24) is 0 Å². The van der Waals surface area contributed by atoms with Crippen LogP contribution in [0.15, 0.2) is 49.3 Å². The molecule has 0 aliphatic heterocycles. The van der Waals surface area contributed by atoms with E-state index in [9.17, 15) is 25.0 Å². The number of fused-ring (bicyclic) bond motifs is 2. The molecule has 0 amide bonds. The summed E-state index contributed by atoms with van der Waals surface area (Å²) in [7, 11) is 2.77. The van der Waals surface area contributed by atoms with Gasteiger partial charge in [0.15, 0.2) is 11.2 Å². The van der Waals surface area contributed by atoms with Gasteiger partial charge in [0, 0.05) is 6.07 Å². The maximum absolute atomic E-state index is 12.7. The molecule has 4 rings (SSSR count). The van der Waals surface area contributed by atoms with Gasteiger partial charge in [0.2, 0.25) is 5.75 Å². The lowest BCUT2D eigenvalue weighted by Gasteiger charge is -2.12. The molecule has 2 aromatic carbocycles. The molecule has 0 aliphatic rings. The number of anilines is 1. The van der Waals surface area contributed by atoms with Crippen LogP contribution in [0.1, 0.15) is 5.56 Å². The summed E-state index contributed by atoms with van der Waals surface area (Å²) in [4.78, 5) is 33.2. The molecule has 2 aromatic heterocycles. The van der Waals surface area contributed by atoms with Gasteiger partial charge < -0.3 is 18.3 Å². The number of hydrogen-bond acceptors (Lipinski definition) is 11. The van der Waals surface area contributed by atoms with Crippen LogP contribution in [-0.4, -0.2) is 30.3 Å². The molecule has 4 aromatic rings. The number of nitro groups is 2. The Morgan fingerprint density at radius 1 is 1.09 bits per heavy atom. The number of rotatable bonds is 7. The smallest absolute Gasteiger partial charge is 0.346 e. The average Bonchev–Trinajstić information content (AvgIpc) is 3.29. The minimum atomic E-state index is -0.882. The van der Waals surface area contributed by atoms with Crippen molar-refractivity contribution >= 4 is 56.8 Å². The first-order chi connectivity index (χ1) is 16.3. The molecule has 0 saturated carbocycles. The molecular formula is C20H13ClN4O9. The van der Waals surface area contributed by atoms with Gasteiger partial charge in [-0.25, -0.2) is 4.79 Å². The minimum absolute atomic E-state index is 0.00656. The topological polar surface area (TPSA) is 172 Å². The molecule has 174 valence electrons. The van der Waals surface area contributed by atoms with Crippen LogP contribution in [0, 0.1) is 20.2 Å². The number of nitro benzene ring substituents is 2. The summed E-state index contributed by atoms with van der Waals surface area (Å²) in [6.45, 7) is 0. The van der Waals surface area contributed by atoms with Gasteiger partial charge in [0.1, 0.15) is 11.4 Å². The molecule has 0 aliphatic carbocycles. The van der Waals surface area contributed by atoms with Crippen molar-refractivity contribution < 1.29 is 28.2 Å². The van der Waals surface area contributed by atoms with Gasteiger partial charge in [-0.2, -0.15) is 5.10 Å². The molecule has 1 N–H and O–H groups in total. The quantitative estimate of drug-likeness (QED) is 0.169. The Bertz CT molecular complexity index is 1560. The number of hydrazone groups is 1. The van der Waals surface area contributed by atoms with E-state index >= 15 is 0 Å². The highest BCUT2D eigenvalue weighted by atomic mass is 35.5. The van der Waals surface area contributed by atoms with Crippen LogP contribution < -0.4 is 20.5 Å². The molecule has 0 unspecified atom stereocenters. The lowest BCUT2D eigenvalue weighted by molar-refractivity contribution is -0.393. The zero-order chi connectivity index (χ0) is 24.6. The lowest BCUT2D eigenvalue weighted by atomic mass is 10.1. The number of nitrogens with one attached hydrogen (secondary N) is 1. The van der Waals surface area contributed by atoms with Crippen molar-refractivity contribution in [2.75, 3.05) is 19.6 Å². The number of benzene rings is 2. The van der Waals surface area contributed by atoms with E-state index in [1.807, 2.05) is 0 Å². The first kappa shape index (κ1) is 22.5. The molecule has 14 heteroatoms. The molecule has 0 saturated heterocycles. The highest BCUT2D eigenvalue weighted by molar-refractivity contribution is 6.39. The van der Waals surface area contributed by atoms with Gasteiger partial charge in [-0.3, -0.25) is 25.7 Å². The number of ether oxygens (including phenoxy) is 2. The fraction of sp³-hybridized carbons (Fsp3) is 0.100. The summed E-state index contributed by atoms with van der Waals surface area (Å²) in [6, 6.07) is 4.58. The van der Waals surface area contributed by atoms with Crippen molar-refractivity contribution in [1.29, 1.82) is 0 Å². The predicted octanol–water partition coefficient (Wildman–Crippen LogP) is 4.47. The standard InChI is InChI=1S/C20H13ClN4O9/c1-31-16-10-5-6-33-17(10)19(32-2)18-14(16)15(21)11(20(26)34-18)8-22-23-12-4-3-9(24(27)28)7-13(12)25(29)30/h3-8,23H,1-2H3/b22-8+. The van der Waals surface area contributed by atoms with E-state index in [2.05, 4.69) is 10.5 Å². The van der Waals surface area contributed by atoms with Gasteiger partial charge in [-0.1, -0.05) is 11.6 Å². The third kappa shape index (κ3) is 3.63. The Morgan fingerprint density at radius 2 is 1.82 bits per heavy atom. The second-order valence-corrected chi connectivity index (χ2v) is 7.01. The van der Waals surface area contributed by atoms with E-state index in [-0.39, 0.29) is 38.7 Å². The maximum atomic E-state index is 12.7. The Balaban J connectivity index is 1.82. The molecule has 34 heavy (non-hydrogen) atoms. The summed E-state index contributed by atoms with van der Waals surface area (Å²) in [5.74, 6) is 0.403. The molecule has 2 heterocycles. The van der Waals surface area contributed by atoms with E-state index in [0.29, 0.717) is 11.0 Å². The van der Waals surface area contributed by atoms with Crippen LogP contribution >= 0.6 is 11.6 Å². The lowest BCUT2D eigenvalue weighted by Crippen LogP contribution is -2.10. The van der Waals surface area contributed by atoms with Crippen LogP contribution in [0.4, 0.5) is 17.1 Å². The van der Waals surface area contributed by atoms with Crippen molar-refractivity contribution in [2.24, 2.45) is 5.10 Å². The Hall–Kier alpha value is -4.65.